The zero-order valence-electron chi connectivity index (χ0n) is 14.5. The number of hydrogen-bond donors (Lipinski definition) is 2. The van der Waals surface area contributed by atoms with Crippen LogP contribution in [0.2, 0.25) is 5.02 Å². The van der Waals surface area contributed by atoms with Gasteiger partial charge in [0.1, 0.15) is 5.69 Å². The van der Waals surface area contributed by atoms with Gasteiger partial charge in [-0.3, -0.25) is 14.3 Å². The second-order valence-electron chi connectivity index (χ2n) is 6.29. The average Bonchev–Trinajstić information content (AvgIpc) is 2.94. The smallest absolute Gasteiger partial charge is 0.304 e. The number of hydrogen-bond acceptors (Lipinski definition) is 3. The third-order valence-corrected chi connectivity index (χ3v) is 4.25. The van der Waals surface area contributed by atoms with Crippen molar-refractivity contribution in [3.63, 3.8) is 0 Å². The molecule has 6 nitrogen and oxygen atoms in total. The molecular weight excluding hydrogens is 342 g/mol. The van der Waals surface area contributed by atoms with Crippen molar-refractivity contribution >= 4 is 23.5 Å². The number of carbonyl (C=O) groups is 2. The van der Waals surface area contributed by atoms with Gasteiger partial charge in [0.05, 0.1) is 12.1 Å². The minimum absolute atomic E-state index is 0.0788. The number of nitrogens with one attached hydrogen (secondary N) is 1. The molecule has 0 unspecified atom stereocenters. The molecule has 0 radical (unpaired) electrons. The molecule has 0 fully saturated rings. The minimum Gasteiger partial charge on any atom is -0.481 e. The normalized spacial score (nSPS) is 12.2. The molecule has 1 heterocycles. The fraction of sp³-hybridized carbons (Fsp3) is 0.389. The lowest BCUT2D eigenvalue weighted by atomic mass is 9.95. The van der Waals surface area contributed by atoms with Gasteiger partial charge >= 0.3 is 5.97 Å². The van der Waals surface area contributed by atoms with E-state index in [1.807, 2.05) is 13.8 Å². The molecule has 134 valence electrons. The number of carbonyl (C=O) groups excluding carboxylic acids is 1. The van der Waals surface area contributed by atoms with E-state index in [0.29, 0.717) is 10.7 Å². The van der Waals surface area contributed by atoms with Crippen molar-refractivity contribution in [2.45, 2.75) is 32.1 Å². The lowest BCUT2D eigenvalue weighted by Crippen LogP contribution is -2.30. The molecule has 1 aromatic carbocycles. The van der Waals surface area contributed by atoms with Crippen LogP contribution in [-0.2, 0) is 11.8 Å². The van der Waals surface area contributed by atoms with Crippen LogP contribution in [0, 0.1) is 0 Å². The Balaban J connectivity index is 2.10. The molecule has 0 aliphatic carbocycles. The summed E-state index contributed by atoms with van der Waals surface area (Å²) in [4.78, 5) is 23.6. The van der Waals surface area contributed by atoms with Crippen molar-refractivity contribution in [1.29, 1.82) is 0 Å². The quantitative estimate of drug-likeness (QED) is 0.791. The third-order valence-electron chi connectivity index (χ3n) is 3.99. The minimum atomic E-state index is -0.920. The molecule has 0 aliphatic heterocycles. The second kappa shape index (κ2) is 8.16. The number of carboxylic acids is 1. The van der Waals surface area contributed by atoms with E-state index in [2.05, 4.69) is 10.4 Å². The highest BCUT2D eigenvalue weighted by Crippen LogP contribution is 2.21. The molecule has 2 rings (SSSR count). The Hall–Kier alpha value is -2.34. The van der Waals surface area contributed by atoms with Gasteiger partial charge in [0, 0.05) is 24.5 Å². The van der Waals surface area contributed by atoms with E-state index in [9.17, 15) is 9.59 Å². The summed E-state index contributed by atoms with van der Waals surface area (Å²) in [5.41, 5.74) is 2.11. The number of nitrogens with zero attached hydrogens (tertiary/aromatic N) is 2. The van der Waals surface area contributed by atoms with Crippen LogP contribution in [-0.4, -0.2) is 33.3 Å². The van der Waals surface area contributed by atoms with Gasteiger partial charge in [-0.05, 0) is 29.7 Å². The maximum atomic E-state index is 12.4. The Morgan fingerprint density at radius 3 is 2.44 bits per heavy atom. The number of aliphatic carboxylic acids is 1. The molecule has 2 aromatic rings. The van der Waals surface area contributed by atoms with E-state index in [0.717, 1.165) is 11.3 Å². The number of aromatic nitrogens is 2. The van der Waals surface area contributed by atoms with Crippen molar-refractivity contribution in [3.8, 4) is 0 Å². The van der Waals surface area contributed by atoms with E-state index in [4.69, 9.17) is 16.7 Å². The predicted molar refractivity (Wildman–Crippen MR) is 96.1 cm³/mol. The highest BCUT2D eigenvalue weighted by Gasteiger charge is 2.19. The van der Waals surface area contributed by atoms with Crippen LogP contribution in [0.15, 0.2) is 30.3 Å². The van der Waals surface area contributed by atoms with Gasteiger partial charge in [-0.25, -0.2) is 0 Å². The zero-order chi connectivity index (χ0) is 18.6. The first kappa shape index (κ1) is 19.0. The lowest BCUT2D eigenvalue weighted by molar-refractivity contribution is -0.137. The van der Waals surface area contributed by atoms with Gasteiger partial charge in [0.25, 0.3) is 5.91 Å². The Morgan fingerprint density at radius 2 is 1.92 bits per heavy atom. The molecule has 0 spiro atoms. The fourth-order valence-electron chi connectivity index (χ4n) is 2.54. The van der Waals surface area contributed by atoms with Crippen LogP contribution in [0.1, 0.15) is 53.8 Å². The molecule has 0 bridgehead atoms. The molecule has 2 N–H and O–H groups in total. The predicted octanol–water partition coefficient (Wildman–Crippen LogP) is 3.19. The summed E-state index contributed by atoms with van der Waals surface area (Å²) >= 11 is 5.88. The van der Waals surface area contributed by atoms with Gasteiger partial charge in [0.15, 0.2) is 0 Å². The van der Waals surface area contributed by atoms with E-state index in [1.54, 1.807) is 42.1 Å². The molecular formula is C18H22ClN3O3. The summed E-state index contributed by atoms with van der Waals surface area (Å²) < 4.78 is 1.54. The molecule has 0 saturated carbocycles. The first-order valence-corrected chi connectivity index (χ1v) is 8.45. The maximum absolute atomic E-state index is 12.4. The highest BCUT2D eigenvalue weighted by molar-refractivity contribution is 6.30. The lowest BCUT2D eigenvalue weighted by Gasteiger charge is -2.16. The van der Waals surface area contributed by atoms with Gasteiger partial charge in [0.2, 0.25) is 0 Å². The van der Waals surface area contributed by atoms with Gasteiger partial charge in [-0.2, -0.15) is 5.10 Å². The molecule has 7 heteroatoms. The Kier molecular flexibility index (Phi) is 6.20. The summed E-state index contributed by atoms with van der Waals surface area (Å²) in [6.45, 7) is 4.23. The van der Waals surface area contributed by atoms with E-state index >= 15 is 0 Å². The first-order chi connectivity index (χ1) is 11.8. The Labute approximate surface area is 151 Å². The molecule has 1 atom stereocenters. The molecule has 0 aliphatic rings. The number of aryl methyl sites for hydroxylation is 1. The fourth-order valence-corrected chi connectivity index (χ4v) is 2.67. The van der Waals surface area contributed by atoms with Crippen LogP contribution in [0.4, 0.5) is 0 Å². The average molecular weight is 364 g/mol. The second-order valence-corrected chi connectivity index (χ2v) is 6.73. The SMILES string of the molecule is CC(C)c1cc(C(=O)NC[C@@H](CC(=O)O)c2ccc(Cl)cc2)n(C)n1. The standard InChI is InChI=1S/C18H22ClN3O3/c1-11(2)15-9-16(22(3)21-15)18(25)20-10-13(8-17(23)24)12-4-6-14(19)7-5-12/h4-7,9,11,13H,8,10H2,1-3H3,(H,20,25)(H,23,24)/t13-/m1/s1. The number of benzene rings is 1. The van der Waals surface area contributed by atoms with Crippen molar-refractivity contribution < 1.29 is 14.7 Å². The maximum Gasteiger partial charge on any atom is 0.304 e. The van der Waals surface area contributed by atoms with Crippen LogP contribution in [0.25, 0.3) is 0 Å². The van der Waals surface area contributed by atoms with Gasteiger partial charge in [-0.15, -0.1) is 0 Å². The summed E-state index contributed by atoms with van der Waals surface area (Å²) in [5, 5.41) is 16.9. The Bertz CT molecular complexity index is 753. The summed E-state index contributed by atoms with van der Waals surface area (Å²) in [5.74, 6) is -1.30. The first-order valence-electron chi connectivity index (χ1n) is 8.07. The molecule has 1 aromatic heterocycles. The molecule has 1 amide bonds. The van der Waals surface area contributed by atoms with Gasteiger partial charge < -0.3 is 10.4 Å². The van der Waals surface area contributed by atoms with Crippen LogP contribution in [0.5, 0.6) is 0 Å². The molecule has 25 heavy (non-hydrogen) atoms. The number of halogens is 1. The van der Waals surface area contributed by atoms with Crippen molar-refractivity contribution in [2.75, 3.05) is 6.54 Å². The van der Waals surface area contributed by atoms with E-state index in [1.165, 1.54) is 0 Å². The number of rotatable bonds is 7. The van der Waals surface area contributed by atoms with Crippen LogP contribution in [0.3, 0.4) is 0 Å². The van der Waals surface area contributed by atoms with Crippen molar-refractivity contribution in [3.05, 3.63) is 52.3 Å². The number of carboxylic acid groups (broad SMARTS) is 1. The topological polar surface area (TPSA) is 84.2 Å². The third kappa shape index (κ3) is 5.06. The van der Waals surface area contributed by atoms with Crippen molar-refractivity contribution in [1.82, 2.24) is 15.1 Å². The van der Waals surface area contributed by atoms with Crippen LogP contribution < -0.4 is 5.32 Å². The van der Waals surface area contributed by atoms with E-state index in [-0.39, 0.29) is 30.7 Å². The highest BCUT2D eigenvalue weighted by atomic mass is 35.5. The number of amides is 1. The zero-order valence-corrected chi connectivity index (χ0v) is 15.2. The summed E-state index contributed by atoms with van der Waals surface area (Å²) in [7, 11) is 1.72. The summed E-state index contributed by atoms with van der Waals surface area (Å²) in [6.07, 6.45) is -0.0788. The van der Waals surface area contributed by atoms with Gasteiger partial charge in [-0.1, -0.05) is 37.6 Å². The van der Waals surface area contributed by atoms with Crippen LogP contribution >= 0.6 is 11.6 Å². The monoisotopic (exact) mass is 363 g/mol. The van der Waals surface area contributed by atoms with E-state index < -0.39 is 5.97 Å². The van der Waals surface area contributed by atoms with Crippen molar-refractivity contribution in [2.24, 2.45) is 7.05 Å². The molecule has 0 saturated heterocycles. The largest absolute Gasteiger partial charge is 0.481 e. The Morgan fingerprint density at radius 1 is 1.28 bits per heavy atom. The summed E-state index contributed by atoms with van der Waals surface area (Å²) in [6, 6.07) is 8.74.